The van der Waals surface area contributed by atoms with Gasteiger partial charge >= 0.3 is 6.03 Å². The van der Waals surface area contributed by atoms with Crippen LogP contribution in [0.1, 0.15) is 11.1 Å². The van der Waals surface area contributed by atoms with Gasteiger partial charge in [-0.05, 0) is 29.8 Å². The molecule has 100 valence electrons. The second kappa shape index (κ2) is 6.29. The number of rotatable bonds is 3. The van der Waals surface area contributed by atoms with Gasteiger partial charge in [-0.25, -0.2) is 14.2 Å². The van der Waals surface area contributed by atoms with E-state index >= 15 is 0 Å². The standard InChI is InChI=1S/C14H11FN4O/c15-12-4-1-10(2-5-12)8-18-14(20)19-13-6-3-11(7-16)9-17-13/h1-6,9H,8H2,(H2,17,18,19,20). The van der Waals surface area contributed by atoms with Crippen molar-refractivity contribution in [1.82, 2.24) is 10.3 Å². The molecule has 1 heterocycles. The molecule has 2 amide bonds. The number of carbonyl (C=O) groups excluding carboxylic acids is 1. The first kappa shape index (κ1) is 13.5. The van der Waals surface area contributed by atoms with E-state index in [0.717, 1.165) is 5.56 Å². The van der Waals surface area contributed by atoms with Crippen molar-refractivity contribution in [3.05, 3.63) is 59.5 Å². The smallest absolute Gasteiger partial charge is 0.320 e. The molecule has 0 atom stereocenters. The van der Waals surface area contributed by atoms with Crippen LogP contribution in [-0.2, 0) is 6.54 Å². The largest absolute Gasteiger partial charge is 0.334 e. The molecule has 2 rings (SSSR count). The van der Waals surface area contributed by atoms with E-state index in [9.17, 15) is 9.18 Å². The second-order valence-electron chi connectivity index (χ2n) is 3.98. The molecule has 6 heteroatoms. The van der Waals surface area contributed by atoms with Gasteiger partial charge in [0.25, 0.3) is 0 Å². The number of benzene rings is 1. The number of nitriles is 1. The summed E-state index contributed by atoms with van der Waals surface area (Å²) in [6, 6.07) is 10.5. The van der Waals surface area contributed by atoms with Crippen LogP contribution in [0.2, 0.25) is 0 Å². The number of nitrogens with zero attached hydrogens (tertiary/aromatic N) is 2. The molecule has 0 aliphatic rings. The summed E-state index contributed by atoms with van der Waals surface area (Å²) in [5.41, 5.74) is 1.21. The normalized spacial score (nSPS) is 9.60. The zero-order valence-corrected chi connectivity index (χ0v) is 10.4. The third-order valence-corrected chi connectivity index (χ3v) is 2.50. The highest BCUT2D eigenvalue weighted by Gasteiger charge is 2.03. The molecule has 2 aromatic rings. The van der Waals surface area contributed by atoms with Crippen LogP contribution in [0.3, 0.4) is 0 Å². The van der Waals surface area contributed by atoms with Crippen LogP contribution in [-0.4, -0.2) is 11.0 Å². The number of nitrogens with one attached hydrogen (secondary N) is 2. The third-order valence-electron chi connectivity index (χ3n) is 2.50. The first-order chi connectivity index (χ1) is 9.67. The summed E-state index contributed by atoms with van der Waals surface area (Å²) in [6.45, 7) is 0.280. The summed E-state index contributed by atoms with van der Waals surface area (Å²) in [6.07, 6.45) is 1.37. The highest BCUT2D eigenvalue weighted by Crippen LogP contribution is 2.05. The van der Waals surface area contributed by atoms with Gasteiger partial charge in [0.2, 0.25) is 0 Å². The minimum Gasteiger partial charge on any atom is -0.334 e. The summed E-state index contributed by atoms with van der Waals surface area (Å²) in [5.74, 6) is 0.0283. The Hall–Kier alpha value is -2.94. The van der Waals surface area contributed by atoms with Crippen LogP contribution in [0.4, 0.5) is 15.0 Å². The molecular formula is C14H11FN4O. The van der Waals surface area contributed by atoms with Crippen molar-refractivity contribution in [3.63, 3.8) is 0 Å². The van der Waals surface area contributed by atoms with E-state index in [4.69, 9.17) is 5.26 Å². The van der Waals surface area contributed by atoms with E-state index < -0.39 is 6.03 Å². The Kier molecular flexibility index (Phi) is 4.24. The van der Waals surface area contributed by atoms with Gasteiger partial charge in [-0.3, -0.25) is 5.32 Å². The molecule has 1 aromatic carbocycles. The summed E-state index contributed by atoms with van der Waals surface area (Å²) in [4.78, 5) is 15.5. The molecular weight excluding hydrogens is 259 g/mol. The van der Waals surface area contributed by atoms with Crippen LogP contribution >= 0.6 is 0 Å². The van der Waals surface area contributed by atoms with Gasteiger partial charge in [-0.2, -0.15) is 5.26 Å². The van der Waals surface area contributed by atoms with Gasteiger partial charge in [0.05, 0.1) is 5.56 Å². The zero-order chi connectivity index (χ0) is 14.4. The Morgan fingerprint density at radius 2 is 2.00 bits per heavy atom. The molecule has 5 nitrogen and oxygen atoms in total. The molecule has 0 spiro atoms. The maximum absolute atomic E-state index is 12.7. The van der Waals surface area contributed by atoms with Crippen molar-refractivity contribution in [2.75, 3.05) is 5.32 Å². The van der Waals surface area contributed by atoms with Crippen LogP contribution in [0.25, 0.3) is 0 Å². The summed E-state index contributed by atoms with van der Waals surface area (Å²) in [5, 5.41) is 13.8. The molecule has 0 unspecified atom stereocenters. The van der Waals surface area contributed by atoms with Gasteiger partial charge in [0.15, 0.2) is 0 Å². The van der Waals surface area contributed by atoms with Gasteiger partial charge in [-0.1, -0.05) is 12.1 Å². The van der Waals surface area contributed by atoms with Crippen LogP contribution < -0.4 is 10.6 Å². The molecule has 1 aromatic heterocycles. The minimum atomic E-state index is -0.425. The molecule has 0 fully saturated rings. The average molecular weight is 270 g/mol. The van der Waals surface area contributed by atoms with E-state index in [0.29, 0.717) is 11.4 Å². The number of amides is 2. The van der Waals surface area contributed by atoms with E-state index in [1.54, 1.807) is 18.2 Å². The molecule has 0 bridgehead atoms. The number of urea groups is 1. The van der Waals surface area contributed by atoms with Crippen LogP contribution in [0, 0.1) is 17.1 Å². The number of pyridine rings is 1. The third kappa shape index (κ3) is 3.78. The Bertz CT molecular complexity index is 632. The summed E-state index contributed by atoms with van der Waals surface area (Å²) in [7, 11) is 0. The first-order valence-electron chi connectivity index (χ1n) is 5.83. The Labute approximate surface area is 115 Å². The predicted octanol–water partition coefficient (Wildman–Crippen LogP) is 2.41. The number of aromatic nitrogens is 1. The van der Waals surface area contributed by atoms with E-state index in [1.165, 1.54) is 24.4 Å². The van der Waals surface area contributed by atoms with Crippen molar-refractivity contribution in [1.29, 1.82) is 5.26 Å². The average Bonchev–Trinajstić information content (AvgIpc) is 2.47. The van der Waals surface area contributed by atoms with Gasteiger partial charge < -0.3 is 5.32 Å². The van der Waals surface area contributed by atoms with Crippen molar-refractivity contribution in [2.24, 2.45) is 0 Å². The maximum atomic E-state index is 12.7. The Morgan fingerprint density at radius 1 is 1.25 bits per heavy atom. The predicted molar refractivity (Wildman–Crippen MR) is 71.2 cm³/mol. The lowest BCUT2D eigenvalue weighted by Gasteiger charge is -2.07. The highest BCUT2D eigenvalue weighted by atomic mass is 19.1. The number of carbonyl (C=O) groups is 1. The fourth-order valence-corrected chi connectivity index (χ4v) is 1.48. The number of hydrogen-bond donors (Lipinski definition) is 2. The van der Waals surface area contributed by atoms with Crippen LogP contribution in [0.5, 0.6) is 0 Å². The molecule has 0 radical (unpaired) electrons. The van der Waals surface area contributed by atoms with Crippen molar-refractivity contribution in [2.45, 2.75) is 6.54 Å². The molecule has 0 saturated carbocycles. The molecule has 2 N–H and O–H groups in total. The van der Waals surface area contributed by atoms with Gasteiger partial charge in [-0.15, -0.1) is 0 Å². The topological polar surface area (TPSA) is 77.8 Å². The SMILES string of the molecule is N#Cc1ccc(NC(=O)NCc2ccc(F)cc2)nc1. The lowest BCUT2D eigenvalue weighted by molar-refractivity contribution is 0.251. The molecule has 0 saturated heterocycles. The summed E-state index contributed by atoms with van der Waals surface area (Å²) < 4.78 is 12.7. The van der Waals surface area contributed by atoms with E-state index in [1.807, 2.05) is 6.07 Å². The zero-order valence-electron chi connectivity index (χ0n) is 10.4. The molecule has 0 aliphatic carbocycles. The lowest BCUT2D eigenvalue weighted by Crippen LogP contribution is -2.28. The number of halogens is 1. The van der Waals surface area contributed by atoms with Crippen molar-refractivity contribution >= 4 is 11.8 Å². The molecule has 20 heavy (non-hydrogen) atoms. The monoisotopic (exact) mass is 270 g/mol. The maximum Gasteiger partial charge on any atom is 0.320 e. The van der Waals surface area contributed by atoms with Crippen LogP contribution in [0.15, 0.2) is 42.6 Å². The van der Waals surface area contributed by atoms with Crippen molar-refractivity contribution < 1.29 is 9.18 Å². The van der Waals surface area contributed by atoms with Gasteiger partial charge in [0.1, 0.15) is 17.7 Å². The fourth-order valence-electron chi connectivity index (χ4n) is 1.48. The van der Waals surface area contributed by atoms with E-state index in [-0.39, 0.29) is 12.4 Å². The lowest BCUT2D eigenvalue weighted by atomic mass is 10.2. The minimum absolute atomic E-state index is 0.280. The van der Waals surface area contributed by atoms with Gasteiger partial charge in [0, 0.05) is 12.7 Å². The summed E-state index contributed by atoms with van der Waals surface area (Å²) >= 11 is 0. The highest BCUT2D eigenvalue weighted by molar-refractivity contribution is 5.88. The fraction of sp³-hybridized carbons (Fsp3) is 0.0714. The first-order valence-corrected chi connectivity index (χ1v) is 5.83. The second-order valence-corrected chi connectivity index (χ2v) is 3.98. The Balaban J connectivity index is 1.86. The molecule has 0 aliphatic heterocycles. The van der Waals surface area contributed by atoms with Crippen molar-refractivity contribution in [3.8, 4) is 6.07 Å². The number of anilines is 1. The van der Waals surface area contributed by atoms with E-state index in [2.05, 4.69) is 15.6 Å². The Morgan fingerprint density at radius 3 is 2.60 bits per heavy atom. The number of hydrogen-bond acceptors (Lipinski definition) is 3. The quantitative estimate of drug-likeness (QED) is 0.899.